The fourth-order valence-electron chi connectivity index (χ4n) is 5.37. The van der Waals surface area contributed by atoms with E-state index in [0.717, 1.165) is 45.0 Å². The van der Waals surface area contributed by atoms with Crippen LogP contribution in [0.15, 0.2) is 133 Å². The molecule has 0 spiro atoms. The summed E-state index contributed by atoms with van der Waals surface area (Å²) in [7, 11) is 0. The molecule has 0 radical (unpaired) electrons. The van der Waals surface area contributed by atoms with Gasteiger partial charge in [-0.05, 0) is 0 Å². The summed E-state index contributed by atoms with van der Waals surface area (Å²) < 4.78 is 4.30. The maximum absolute atomic E-state index is 5.03. The average molecular weight is 594 g/mol. The van der Waals surface area contributed by atoms with Gasteiger partial charge in [0.15, 0.2) is 0 Å². The third-order valence-corrected chi connectivity index (χ3v) is 11.3. The predicted molar refractivity (Wildman–Crippen MR) is 171 cm³/mol. The Morgan fingerprint density at radius 2 is 0.975 bits per heavy atom. The molecule has 0 aliphatic rings. The molecule has 2 nitrogen and oxygen atoms in total. The van der Waals surface area contributed by atoms with Gasteiger partial charge in [-0.3, -0.25) is 0 Å². The van der Waals surface area contributed by atoms with E-state index in [4.69, 9.17) is 9.97 Å². The molecule has 4 aromatic carbocycles. The van der Waals surface area contributed by atoms with E-state index in [1.165, 1.54) is 28.7 Å². The first-order valence-corrected chi connectivity index (χ1v) is 15.8. The Balaban J connectivity index is 1.25. The molecule has 0 fully saturated rings. The Hall–Kier alpha value is -4.34. The van der Waals surface area contributed by atoms with Gasteiger partial charge in [0.1, 0.15) is 0 Å². The number of fused-ring (bicyclic) bond motifs is 5. The van der Waals surface area contributed by atoms with Crippen LogP contribution in [-0.4, -0.2) is 24.5 Å². The second kappa shape index (κ2) is 9.69. The van der Waals surface area contributed by atoms with Crippen LogP contribution >= 0.6 is 11.3 Å². The van der Waals surface area contributed by atoms with Gasteiger partial charge in [-0.25, -0.2) is 0 Å². The number of hydrogen-bond donors (Lipinski definition) is 0. The van der Waals surface area contributed by atoms with Gasteiger partial charge in [-0.15, -0.1) is 0 Å². The van der Waals surface area contributed by atoms with Crippen LogP contribution in [0.2, 0.25) is 0 Å². The van der Waals surface area contributed by atoms with Crippen molar-refractivity contribution in [3.63, 3.8) is 0 Å². The van der Waals surface area contributed by atoms with Crippen molar-refractivity contribution < 1.29 is 0 Å². The van der Waals surface area contributed by atoms with Crippen LogP contribution in [-0.2, 0) is 0 Å². The normalized spacial score (nSPS) is 11.5. The molecule has 4 aromatic heterocycles. The second-order valence-corrected chi connectivity index (χ2v) is 13.7. The summed E-state index contributed by atoms with van der Waals surface area (Å²) >= 11 is 2.26. The first kappa shape index (κ1) is 23.5. The standard InChI is InChI=1S/C36H22N2SSe/c1-3-9-23(10-4-1)29-13-7-15-31(37-29)25-17-19-33-27(21-25)35-28-22-26(18-20-34(28)40-36(35)39-33)32-16-8-14-30(38-32)24-11-5-2-6-12-24/h1-22H. The average Bonchev–Trinajstić information content (AvgIpc) is 3.57. The van der Waals surface area contributed by atoms with E-state index in [2.05, 4.69) is 121 Å². The van der Waals surface area contributed by atoms with Gasteiger partial charge < -0.3 is 0 Å². The van der Waals surface area contributed by atoms with Gasteiger partial charge in [0.25, 0.3) is 0 Å². The Morgan fingerprint density at radius 1 is 0.450 bits per heavy atom. The molecule has 0 saturated heterocycles. The minimum atomic E-state index is 0.317. The van der Waals surface area contributed by atoms with Crippen molar-refractivity contribution in [2.24, 2.45) is 0 Å². The quantitative estimate of drug-likeness (QED) is 0.190. The van der Waals surface area contributed by atoms with E-state index < -0.39 is 0 Å². The second-order valence-electron chi connectivity index (χ2n) is 9.84. The van der Waals surface area contributed by atoms with E-state index in [0.29, 0.717) is 14.5 Å². The van der Waals surface area contributed by atoms with E-state index in [1.807, 2.05) is 23.5 Å². The number of thiophene rings is 1. The van der Waals surface area contributed by atoms with Crippen LogP contribution in [0.25, 0.3) is 73.7 Å². The summed E-state index contributed by atoms with van der Waals surface area (Å²) in [6, 6.07) is 47.1. The van der Waals surface area contributed by atoms with Crippen molar-refractivity contribution in [3.05, 3.63) is 133 Å². The Kier molecular flexibility index (Phi) is 5.70. The third-order valence-electron chi connectivity index (χ3n) is 7.34. The zero-order valence-corrected chi connectivity index (χ0v) is 23.9. The molecular weight excluding hydrogens is 571 g/mol. The summed E-state index contributed by atoms with van der Waals surface area (Å²) in [5.41, 5.74) is 8.59. The molecule has 0 aliphatic heterocycles. The Labute approximate surface area is 242 Å². The van der Waals surface area contributed by atoms with Gasteiger partial charge in [0, 0.05) is 0 Å². The number of benzene rings is 4. The van der Waals surface area contributed by atoms with E-state index >= 15 is 0 Å². The monoisotopic (exact) mass is 594 g/mol. The van der Waals surface area contributed by atoms with Gasteiger partial charge in [-0.2, -0.15) is 0 Å². The number of nitrogens with zero attached hydrogens (tertiary/aromatic N) is 2. The molecule has 188 valence electrons. The minimum absolute atomic E-state index is 0.317. The predicted octanol–water partition coefficient (Wildman–Crippen LogP) is 9.72. The molecule has 0 aliphatic carbocycles. The van der Waals surface area contributed by atoms with Crippen molar-refractivity contribution in [3.8, 4) is 45.0 Å². The van der Waals surface area contributed by atoms with Crippen LogP contribution in [0.4, 0.5) is 0 Å². The number of pyridine rings is 2. The van der Waals surface area contributed by atoms with Crippen LogP contribution < -0.4 is 0 Å². The Morgan fingerprint density at radius 3 is 1.57 bits per heavy atom. The van der Waals surface area contributed by atoms with Gasteiger partial charge in [-0.1, -0.05) is 0 Å². The molecule has 4 heteroatoms. The molecule has 4 heterocycles. The topological polar surface area (TPSA) is 25.8 Å². The van der Waals surface area contributed by atoms with Crippen LogP contribution in [0.3, 0.4) is 0 Å². The fourth-order valence-corrected chi connectivity index (χ4v) is 9.58. The van der Waals surface area contributed by atoms with Crippen molar-refractivity contribution in [1.29, 1.82) is 0 Å². The van der Waals surface area contributed by atoms with E-state index in [1.54, 1.807) is 0 Å². The molecule has 0 saturated carbocycles. The molecule has 8 aromatic rings. The van der Waals surface area contributed by atoms with Crippen LogP contribution in [0.5, 0.6) is 0 Å². The molecule has 0 unspecified atom stereocenters. The van der Waals surface area contributed by atoms with Crippen LogP contribution in [0, 0.1) is 0 Å². The van der Waals surface area contributed by atoms with Crippen molar-refractivity contribution in [1.82, 2.24) is 9.97 Å². The summed E-state index contributed by atoms with van der Waals surface area (Å²) in [4.78, 5) is 10.1. The van der Waals surface area contributed by atoms with Gasteiger partial charge in [0.05, 0.1) is 0 Å². The van der Waals surface area contributed by atoms with Crippen LogP contribution in [0.1, 0.15) is 0 Å². The zero-order chi connectivity index (χ0) is 26.5. The number of rotatable bonds is 4. The fraction of sp³-hybridized carbons (Fsp3) is 0. The molecule has 0 atom stereocenters. The van der Waals surface area contributed by atoms with Gasteiger partial charge >= 0.3 is 243 Å². The summed E-state index contributed by atoms with van der Waals surface area (Å²) in [6.45, 7) is 0. The van der Waals surface area contributed by atoms with Gasteiger partial charge in [0.2, 0.25) is 0 Å². The first-order chi connectivity index (χ1) is 19.8. The Bertz CT molecular complexity index is 2010. The summed E-state index contributed by atoms with van der Waals surface area (Å²) in [5.74, 6) is 0. The maximum atomic E-state index is 5.03. The summed E-state index contributed by atoms with van der Waals surface area (Å²) in [5, 5.41) is 4.08. The SMILES string of the molecule is c1ccc(-c2cccc(-c3ccc4sc5[se]c6ccc(-c7cccc(-c8ccccc8)n7)cc6c5c4c3)n2)cc1. The zero-order valence-electron chi connectivity index (χ0n) is 21.4. The van der Waals surface area contributed by atoms with Crippen molar-refractivity contribution >= 4 is 54.5 Å². The number of hydrogen-bond acceptors (Lipinski definition) is 3. The molecule has 8 rings (SSSR count). The first-order valence-electron chi connectivity index (χ1n) is 13.2. The number of aromatic nitrogens is 2. The molecule has 0 amide bonds. The van der Waals surface area contributed by atoms with Crippen molar-refractivity contribution in [2.75, 3.05) is 0 Å². The van der Waals surface area contributed by atoms with Crippen molar-refractivity contribution in [2.45, 2.75) is 0 Å². The molecular formula is C36H22N2SSe. The van der Waals surface area contributed by atoms with E-state index in [-0.39, 0.29) is 0 Å². The third kappa shape index (κ3) is 4.09. The molecule has 0 N–H and O–H groups in total. The summed E-state index contributed by atoms with van der Waals surface area (Å²) in [6.07, 6.45) is 0. The molecule has 40 heavy (non-hydrogen) atoms. The molecule has 0 bridgehead atoms. The van der Waals surface area contributed by atoms with E-state index in [9.17, 15) is 0 Å².